The second kappa shape index (κ2) is 6.27. The molecule has 3 fully saturated rings. The molecule has 2 saturated heterocycles. The Morgan fingerprint density at radius 2 is 1.85 bits per heavy atom. The van der Waals surface area contributed by atoms with Gasteiger partial charge in [0.1, 0.15) is 0 Å². The molecule has 20 heavy (non-hydrogen) atoms. The van der Waals surface area contributed by atoms with Crippen molar-refractivity contribution in [3.63, 3.8) is 0 Å². The Morgan fingerprint density at radius 3 is 2.55 bits per heavy atom. The Morgan fingerprint density at radius 1 is 1.10 bits per heavy atom. The van der Waals surface area contributed by atoms with E-state index in [0.717, 1.165) is 51.7 Å². The molecule has 0 spiro atoms. The van der Waals surface area contributed by atoms with Crippen molar-refractivity contribution >= 4 is 10.0 Å². The number of hydrogen-bond acceptors (Lipinski definition) is 5. The molecule has 2 aliphatic heterocycles. The van der Waals surface area contributed by atoms with Gasteiger partial charge in [-0.15, -0.1) is 0 Å². The zero-order valence-electron chi connectivity index (χ0n) is 12.1. The van der Waals surface area contributed by atoms with E-state index in [1.165, 1.54) is 12.8 Å². The normalized spacial score (nSPS) is 29.9. The largest absolute Gasteiger partial charge is 0.314 e. The number of nitrogens with zero attached hydrogens (tertiary/aromatic N) is 2. The molecule has 3 rings (SSSR count). The van der Waals surface area contributed by atoms with Crippen LogP contribution in [0.4, 0.5) is 0 Å². The number of likely N-dealkylation sites (tertiary alicyclic amines) is 1. The van der Waals surface area contributed by atoms with Crippen LogP contribution < -0.4 is 10.0 Å². The molecular formula is C13H26N4O2S. The first kappa shape index (κ1) is 14.7. The quantitative estimate of drug-likeness (QED) is 0.662. The number of rotatable bonds is 6. The molecule has 0 aromatic carbocycles. The standard InChI is InChI=1S/C13H26N4O2S/c18-20(19,10-9-16-7-4-14-5-8-16)15-12-3-6-17(11-12)13-1-2-13/h12-15H,1-11H2. The van der Waals surface area contributed by atoms with E-state index in [2.05, 4.69) is 19.8 Å². The van der Waals surface area contributed by atoms with E-state index >= 15 is 0 Å². The van der Waals surface area contributed by atoms with Crippen molar-refractivity contribution in [2.24, 2.45) is 0 Å². The van der Waals surface area contributed by atoms with E-state index in [0.29, 0.717) is 6.54 Å². The summed E-state index contributed by atoms with van der Waals surface area (Å²) in [5.41, 5.74) is 0. The fourth-order valence-electron chi connectivity index (χ4n) is 3.15. The van der Waals surface area contributed by atoms with Crippen molar-refractivity contribution in [3.05, 3.63) is 0 Å². The van der Waals surface area contributed by atoms with Gasteiger partial charge in [-0.1, -0.05) is 0 Å². The molecule has 7 heteroatoms. The smallest absolute Gasteiger partial charge is 0.213 e. The van der Waals surface area contributed by atoms with Crippen LogP contribution in [0.2, 0.25) is 0 Å². The van der Waals surface area contributed by atoms with Crippen molar-refractivity contribution in [3.8, 4) is 0 Å². The zero-order chi connectivity index (χ0) is 14.0. The zero-order valence-corrected chi connectivity index (χ0v) is 12.9. The minimum absolute atomic E-state index is 0.128. The van der Waals surface area contributed by atoms with Crippen LogP contribution in [-0.4, -0.2) is 81.9 Å². The van der Waals surface area contributed by atoms with Gasteiger partial charge >= 0.3 is 0 Å². The van der Waals surface area contributed by atoms with Crippen LogP contribution in [0, 0.1) is 0 Å². The summed E-state index contributed by atoms with van der Waals surface area (Å²) in [6.07, 6.45) is 3.55. The van der Waals surface area contributed by atoms with Crippen molar-refractivity contribution in [1.82, 2.24) is 19.8 Å². The highest BCUT2D eigenvalue weighted by molar-refractivity contribution is 7.89. The first-order chi connectivity index (χ1) is 9.62. The molecule has 3 aliphatic rings. The molecule has 0 aromatic heterocycles. The van der Waals surface area contributed by atoms with E-state index in [-0.39, 0.29) is 11.8 Å². The van der Waals surface area contributed by atoms with Crippen LogP contribution in [-0.2, 0) is 10.0 Å². The number of nitrogens with one attached hydrogen (secondary N) is 2. The molecule has 0 amide bonds. The number of hydrogen-bond donors (Lipinski definition) is 2. The summed E-state index contributed by atoms with van der Waals surface area (Å²) in [4.78, 5) is 4.66. The second-order valence-electron chi connectivity index (χ2n) is 6.24. The van der Waals surface area contributed by atoms with Gasteiger partial charge in [-0.3, -0.25) is 9.80 Å². The summed E-state index contributed by atoms with van der Waals surface area (Å²) in [6.45, 7) is 6.44. The molecule has 0 radical (unpaired) electrons. The van der Waals surface area contributed by atoms with Crippen LogP contribution in [0.3, 0.4) is 0 Å². The van der Waals surface area contributed by atoms with Gasteiger partial charge in [0.05, 0.1) is 5.75 Å². The Labute approximate surface area is 121 Å². The Hall–Kier alpha value is -0.210. The third kappa shape index (κ3) is 4.14. The minimum atomic E-state index is -3.13. The first-order valence-electron chi connectivity index (χ1n) is 7.79. The van der Waals surface area contributed by atoms with E-state index in [1.54, 1.807) is 0 Å². The minimum Gasteiger partial charge on any atom is -0.314 e. The van der Waals surface area contributed by atoms with Crippen LogP contribution >= 0.6 is 0 Å². The highest BCUT2D eigenvalue weighted by atomic mass is 32.2. The predicted octanol–water partition coefficient (Wildman–Crippen LogP) is -0.952. The third-order valence-electron chi connectivity index (χ3n) is 4.52. The highest BCUT2D eigenvalue weighted by Crippen LogP contribution is 2.29. The van der Waals surface area contributed by atoms with Gasteiger partial charge in [0.15, 0.2) is 0 Å². The van der Waals surface area contributed by atoms with Gasteiger partial charge in [-0.2, -0.15) is 0 Å². The molecule has 6 nitrogen and oxygen atoms in total. The van der Waals surface area contributed by atoms with Crippen LogP contribution in [0.5, 0.6) is 0 Å². The Kier molecular flexibility index (Phi) is 4.62. The van der Waals surface area contributed by atoms with Crippen LogP contribution in [0.15, 0.2) is 0 Å². The van der Waals surface area contributed by atoms with E-state index in [9.17, 15) is 8.42 Å². The Balaban J connectivity index is 1.41. The van der Waals surface area contributed by atoms with Gasteiger partial charge in [0.2, 0.25) is 10.0 Å². The summed E-state index contributed by atoms with van der Waals surface area (Å²) in [6, 6.07) is 0.869. The highest BCUT2D eigenvalue weighted by Gasteiger charge is 2.35. The lowest BCUT2D eigenvalue weighted by molar-refractivity contribution is 0.253. The summed E-state index contributed by atoms with van der Waals surface area (Å²) in [5.74, 6) is 0.229. The van der Waals surface area contributed by atoms with Gasteiger partial charge in [0.25, 0.3) is 0 Å². The summed E-state index contributed by atoms with van der Waals surface area (Å²) < 4.78 is 27.2. The number of sulfonamides is 1. The van der Waals surface area contributed by atoms with Crippen LogP contribution in [0.25, 0.3) is 0 Å². The van der Waals surface area contributed by atoms with Crippen molar-refractivity contribution < 1.29 is 8.42 Å². The van der Waals surface area contributed by atoms with Crippen molar-refractivity contribution in [2.45, 2.75) is 31.3 Å². The fourth-order valence-corrected chi connectivity index (χ4v) is 4.47. The molecule has 116 valence electrons. The monoisotopic (exact) mass is 302 g/mol. The predicted molar refractivity (Wildman–Crippen MR) is 79.2 cm³/mol. The average molecular weight is 302 g/mol. The lowest BCUT2D eigenvalue weighted by Crippen LogP contribution is -2.47. The molecule has 0 aromatic rings. The van der Waals surface area contributed by atoms with E-state index < -0.39 is 10.0 Å². The maximum atomic E-state index is 12.1. The lowest BCUT2D eigenvalue weighted by Gasteiger charge is -2.27. The Bertz CT molecular complexity index is 418. The van der Waals surface area contributed by atoms with Crippen molar-refractivity contribution in [1.29, 1.82) is 0 Å². The maximum Gasteiger partial charge on any atom is 0.213 e. The molecule has 1 saturated carbocycles. The average Bonchev–Trinajstić information content (AvgIpc) is 3.19. The van der Waals surface area contributed by atoms with Gasteiger partial charge in [-0.05, 0) is 19.3 Å². The van der Waals surface area contributed by atoms with Gasteiger partial charge < -0.3 is 5.32 Å². The second-order valence-corrected chi connectivity index (χ2v) is 8.11. The molecule has 2 heterocycles. The third-order valence-corrected chi connectivity index (χ3v) is 5.93. The van der Waals surface area contributed by atoms with Gasteiger partial charge in [-0.25, -0.2) is 13.1 Å². The molecule has 1 atom stereocenters. The summed E-state index contributed by atoms with van der Waals surface area (Å²) in [7, 11) is -3.13. The first-order valence-corrected chi connectivity index (χ1v) is 9.45. The van der Waals surface area contributed by atoms with E-state index in [4.69, 9.17) is 0 Å². The SMILES string of the molecule is O=S(=O)(CCN1CCNCC1)NC1CCN(C2CC2)C1. The summed E-state index contributed by atoms with van der Waals surface area (Å²) >= 11 is 0. The van der Waals surface area contributed by atoms with Crippen LogP contribution in [0.1, 0.15) is 19.3 Å². The topological polar surface area (TPSA) is 64.7 Å². The summed E-state index contributed by atoms with van der Waals surface area (Å²) in [5, 5.41) is 3.28. The van der Waals surface area contributed by atoms with Gasteiger partial charge in [0, 0.05) is 57.9 Å². The molecular weight excluding hydrogens is 276 g/mol. The molecule has 2 N–H and O–H groups in total. The molecule has 1 unspecified atom stereocenters. The van der Waals surface area contributed by atoms with E-state index in [1.807, 2.05) is 0 Å². The molecule has 0 bridgehead atoms. The lowest BCUT2D eigenvalue weighted by atomic mass is 10.3. The maximum absolute atomic E-state index is 12.1. The molecule has 1 aliphatic carbocycles. The van der Waals surface area contributed by atoms with Crippen molar-refractivity contribution in [2.75, 3.05) is 51.6 Å². The number of piperazine rings is 1. The fraction of sp³-hybridized carbons (Fsp3) is 1.00.